The lowest BCUT2D eigenvalue weighted by molar-refractivity contribution is -0.148. The molecule has 2 rings (SSSR count). The van der Waals surface area contributed by atoms with Gasteiger partial charge in [-0.05, 0) is 12.1 Å². The van der Waals surface area contributed by atoms with Crippen molar-refractivity contribution in [2.75, 3.05) is 13.7 Å². The van der Waals surface area contributed by atoms with E-state index in [1.165, 1.54) is 31.4 Å². The Kier molecular flexibility index (Phi) is 5.62. The fraction of sp³-hybridized carbons (Fsp3) is 0.400. The molecule has 0 saturated carbocycles. The summed E-state index contributed by atoms with van der Waals surface area (Å²) in [4.78, 5) is 26.7. The van der Waals surface area contributed by atoms with E-state index in [2.05, 4.69) is 10.3 Å². The molecule has 0 bridgehead atoms. The predicted octanol–water partition coefficient (Wildman–Crippen LogP) is 1.66. The second-order valence-electron chi connectivity index (χ2n) is 5.25. The number of nitrogens with one attached hydrogen (secondary N) is 1. The quantitative estimate of drug-likeness (QED) is 0.784. The average Bonchev–Trinajstić information content (AvgIpc) is 2.90. The number of nitrogens with zero attached hydrogens (tertiary/aromatic N) is 2. The molecule has 0 radical (unpaired) electrons. The molecule has 1 aromatic heterocycles. The van der Waals surface area contributed by atoms with Gasteiger partial charge in [-0.15, -0.1) is 0 Å². The number of aliphatic carboxylic acids is 1. The third-order valence-electron chi connectivity index (χ3n) is 3.45. The number of halogens is 3. The Labute approximate surface area is 140 Å². The zero-order chi connectivity index (χ0) is 18.6. The number of hydrogen-bond acceptors (Lipinski definition) is 4. The van der Waals surface area contributed by atoms with Crippen LogP contribution in [0.1, 0.15) is 12.2 Å². The van der Waals surface area contributed by atoms with E-state index in [9.17, 15) is 22.8 Å². The molecular formula is C15H16F3N3O4. The molecule has 2 N–H and O–H groups in total. The van der Waals surface area contributed by atoms with Gasteiger partial charge in [0.25, 0.3) is 0 Å². The number of rotatable bonds is 7. The van der Waals surface area contributed by atoms with Gasteiger partial charge in [-0.2, -0.15) is 13.2 Å². The van der Waals surface area contributed by atoms with Crippen LogP contribution in [0.4, 0.5) is 13.2 Å². The molecule has 0 aliphatic rings. The van der Waals surface area contributed by atoms with Crippen LogP contribution in [0.5, 0.6) is 0 Å². The van der Waals surface area contributed by atoms with Crippen molar-refractivity contribution in [3.63, 3.8) is 0 Å². The maximum Gasteiger partial charge on any atom is 0.449 e. The highest BCUT2D eigenvalue weighted by Gasteiger charge is 2.38. The molecule has 136 valence electrons. The Morgan fingerprint density at radius 1 is 1.36 bits per heavy atom. The molecule has 2 aromatic rings. The smallest absolute Gasteiger partial charge is 0.449 e. The maximum atomic E-state index is 13.2. The number of hydrogen-bond donors (Lipinski definition) is 2. The van der Waals surface area contributed by atoms with Gasteiger partial charge in [-0.1, -0.05) is 12.1 Å². The Bertz CT molecular complexity index is 773. The summed E-state index contributed by atoms with van der Waals surface area (Å²) in [6.07, 6.45) is -4.75. The van der Waals surface area contributed by atoms with Gasteiger partial charge in [-0.3, -0.25) is 4.79 Å². The highest BCUT2D eigenvalue weighted by atomic mass is 19.4. The number of benzene rings is 1. The number of carbonyl (C=O) groups excluding carboxylic acids is 1. The van der Waals surface area contributed by atoms with E-state index in [1.54, 1.807) is 0 Å². The lowest BCUT2D eigenvalue weighted by atomic mass is 10.2. The molecule has 0 aliphatic heterocycles. The third kappa shape index (κ3) is 4.47. The van der Waals surface area contributed by atoms with Crippen molar-refractivity contribution >= 4 is 22.9 Å². The number of carboxylic acid groups (broad SMARTS) is 1. The summed E-state index contributed by atoms with van der Waals surface area (Å²) in [5.74, 6) is -3.37. The molecular weight excluding hydrogens is 343 g/mol. The number of para-hydroxylation sites is 2. The SMILES string of the molecule is COCCC(NC(=O)Cn1c(C(F)(F)F)nc2ccccc21)C(=O)O. The molecule has 1 unspecified atom stereocenters. The third-order valence-corrected chi connectivity index (χ3v) is 3.45. The van der Waals surface area contributed by atoms with E-state index < -0.39 is 36.5 Å². The predicted molar refractivity (Wildman–Crippen MR) is 80.8 cm³/mol. The summed E-state index contributed by atoms with van der Waals surface area (Å²) in [6.45, 7) is -0.620. The number of methoxy groups -OCH3 is 1. The molecule has 0 spiro atoms. The normalized spacial score (nSPS) is 13.0. The second-order valence-corrected chi connectivity index (χ2v) is 5.25. The van der Waals surface area contributed by atoms with Gasteiger partial charge < -0.3 is 19.7 Å². The number of imidazole rings is 1. The van der Waals surface area contributed by atoms with Crippen molar-refractivity contribution in [3.8, 4) is 0 Å². The van der Waals surface area contributed by atoms with Gasteiger partial charge >= 0.3 is 12.1 Å². The van der Waals surface area contributed by atoms with E-state index in [0.29, 0.717) is 0 Å². The van der Waals surface area contributed by atoms with Gasteiger partial charge in [0.1, 0.15) is 12.6 Å². The molecule has 25 heavy (non-hydrogen) atoms. The Balaban J connectivity index is 2.26. The van der Waals surface area contributed by atoms with Gasteiger partial charge in [0.15, 0.2) is 0 Å². The summed E-state index contributed by atoms with van der Waals surface area (Å²) in [7, 11) is 1.37. The van der Waals surface area contributed by atoms with Crippen LogP contribution in [-0.2, 0) is 27.0 Å². The summed E-state index contributed by atoms with van der Waals surface area (Å²) in [5.41, 5.74) is 0.227. The minimum atomic E-state index is -4.75. The highest BCUT2D eigenvalue weighted by Crippen LogP contribution is 2.31. The van der Waals surface area contributed by atoms with Gasteiger partial charge in [-0.25, -0.2) is 9.78 Å². The lowest BCUT2D eigenvalue weighted by Gasteiger charge is -2.16. The summed E-state index contributed by atoms with van der Waals surface area (Å²) in [6, 6.07) is 4.61. The van der Waals surface area contributed by atoms with Gasteiger partial charge in [0, 0.05) is 20.1 Å². The second kappa shape index (κ2) is 7.51. The van der Waals surface area contributed by atoms with E-state index >= 15 is 0 Å². The van der Waals surface area contributed by atoms with E-state index in [0.717, 1.165) is 4.57 Å². The van der Waals surface area contributed by atoms with Crippen molar-refractivity contribution in [1.29, 1.82) is 0 Å². The first-order valence-corrected chi connectivity index (χ1v) is 7.27. The molecule has 0 saturated heterocycles. The Morgan fingerprint density at radius 2 is 2.04 bits per heavy atom. The summed E-state index contributed by atoms with van der Waals surface area (Å²) < 4.78 is 45.0. The number of aromatic nitrogens is 2. The molecule has 1 heterocycles. The first-order chi connectivity index (χ1) is 11.7. The topological polar surface area (TPSA) is 93.5 Å². The largest absolute Gasteiger partial charge is 0.480 e. The molecule has 0 aliphatic carbocycles. The van der Waals surface area contributed by atoms with Crippen molar-refractivity contribution in [2.45, 2.75) is 25.2 Å². The van der Waals surface area contributed by atoms with Crippen LogP contribution in [0.15, 0.2) is 24.3 Å². The summed E-state index contributed by atoms with van der Waals surface area (Å²) >= 11 is 0. The van der Waals surface area contributed by atoms with Crippen molar-refractivity contribution in [3.05, 3.63) is 30.1 Å². The zero-order valence-electron chi connectivity index (χ0n) is 13.2. The zero-order valence-corrected chi connectivity index (χ0v) is 13.2. The van der Waals surface area contributed by atoms with Crippen LogP contribution in [0, 0.1) is 0 Å². The number of alkyl halides is 3. The van der Waals surface area contributed by atoms with Crippen LogP contribution in [0.2, 0.25) is 0 Å². The average molecular weight is 359 g/mol. The van der Waals surface area contributed by atoms with Crippen molar-refractivity contribution < 1.29 is 32.6 Å². The Morgan fingerprint density at radius 3 is 2.64 bits per heavy atom. The molecule has 0 fully saturated rings. The molecule has 7 nitrogen and oxygen atoms in total. The maximum absolute atomic E-state index is 13.2. The standard InChI is InChI=1S/C15H16F3N3O4/c1-25-7-6-10(13(23)24)19-12(22)8-21-11-5-3-2-4-9(11)20-14(21)15(16,17)18/h2-5,10H,6-8H2,1H3,(H,19,22)(H,23,24). The first-order valence-electron chi connectivity index (χ1n) is 7.27. The first kappa shape index (κ1) is 18.7. The molecule has 10 heteroatoms. The van der Waals surface area contributed by atoms with Crippen molar-refractivity contribution in [1.82, 2.24) is 14.9 Å². The highest BCUT2D eigenvalue weighted by molar-refractivity contribution is 5.85. The number of fused-ring (bicyclic) bond motifs is 1. The molecule has 1 atom stereocenters. The molecule has 1 amide bonds. The monoisotopic (exact) mass is 359 g/mol. The van der Waals surface area contributed by atoms with Gasteiger partial charge in [0.2, 0.25) is 11.7 Å². The van der Waals surface area contributed by atoms with Crippen LogP contribution in [-0.4, -0.2) is 46.3 Å². The fourth-order valence-electron chi connectivity index (χ4n) is 2.33. The number of ether oxygens (including phenoxy) is 1. The van der Waals surface area contributed by atoms with E-state index in [4.69, 9.17) is 9.84 Å². The van der Waals surface area contributed by atoms with Gasteiger partial charge in [0.05, 0.1) is 11.0 Å². The van der Waals surface area contributed by atoms with E-state index in [-0.39, 0.29) is 24.1 Å². The van der Waals surface area contributed by atoms with Crippen molar-refractivity contribution in [2.24, 2.45) is 0 Å². The molecule has 1 aromatic carbocycles. The van der Waals surface area contributed by atoms with E-state index in [1.807, 2.05) is 0 Å². The van der Waals surface area contributed by atoms with Crippen LogP contribution in [0.25, 0.3) is 11.0 Å². The number of carboxylic acids is 1. The fourth-order valence-corrected chi connectivity index (χ4v) is 2.33. The van der Waals surface area contributed by atoms with Crippen LogP contribution < -0.4 is 5.32 Å². The summed E-state index contributed by atoms with van der Waals surface area (Å²) in [5, 5.41) is 11.3. The lowest BCUT2D eigenvalue weighted by Crippen LogP contribution is -2.43. The van der Waals surface area contributed by atoms with Crippen LogP contribution >= 0.6 is 0 Å². The number of amides is 1. The minimum Gasteiger partial charge on any atom is -0.480 e. The number of carbonyl (C=O) groups is 2. The van der Waals surface area contributed by atoms with Crippen LogP contribution in [0.3, 0.4) is 0 Å². The Hall–Kier alpha value is -2.62. The minimum absolute atomic E-state index is 0.00558.